The average molecular weight is 308 g/mol. The third kappa shape index (κ3) is 2.32. The van der Waals surface area contributed by atoms with Crippen LogP contribution in [-0.2, 0) is 0 Å². The zero-order valence-electron chi connectivity index (χ0n) is 11.6. The molecule has 2 saturated heterocycles. The molecule has 0 amide bonds. The summed E-state index contributed by atoms with van der Waals surface area (Å²) in [5.41, 5.74) is 8.14. The average Bonchev–Trinajstić information content (AvgIpc) is 2.69. The molecule has 1 aromatic carbocycles. The maximum Gasteiger partial charge on any atom is 0.107 e. The molecule has 3 rings (SSSR count). The molecule has 2 atom stereocenters. The van der Waals surface area contributed by atoms with Gasteiger partial charge in [0.15, 0.2) is 0 Å². The summed E-state index contributed by atoms with van der Waals surface area (Å²) in [7, 11) is 0. The van der Waals surface area contributed by atoms with Crippen molar-refractivity contribution in [2.45, 2.75) is 48.8 Å². The first kappa shape index (κ1) is 14.2. The zero-order valence-corrected chi connectivity index (χ0v) is 13.2. The predicted molar refractivity (Wildman–Crippen MR) is 88.6 cm³/mol. The van der Waals surface area contributed by atoms with Crippen LogP contribution in [0.1, 0.15) is 31.2 Å². The van der Waals surface area contributed by atoms with Gasteiger partial charge in [-0.3, -0.25) is 0 Å². The van der Waals surface area contributed by atoms with Crippen LogP contribution < -0.4 is 10.6 Å². The number of hydrogen-bond donors (Lipinski definition) is 2. The van der Waals surface area contributed by atoms with Crippen molar-refractivity contribution in [2.75, 3.05) is 11.2 Å². The van der Waals surface area contributed by atoms with Crippen molar-refractivity contribution >= 4 is 34.7 Å². The highest BCUT2D eigenvalue weighted by molar-refractivity contribution is 7.98. The summed E-state index contributed by atoms with van der Waals surface area (Å²) in [6, 6.07) is 7.12. The predicted octanol–water partition coefficient (Wildman–Crippen LogP) is 2.53. The van der Waals surface area contributed by atoms with E-state index in [1.54, 1.807) is 11.8 Å². The van der Waals surface area contributed by atoms with Gasteiger partial charge in [-0.25, -0.2) is 0 Å². The lowest BCUT2D eigenvalue weighted by Gasteiger charge is -2.40. The summed E-state index contributed by atoms with van der Waals surface area (Å²) >= 11 is 6.96. The molecule has 0 aromatic heterocycles. The second-order valence-electron chi connectivity index (χ2n) is 5.64. The van der Waals surface area contributed by atoms with Gasteiger partial charge >= 0.3 is 0 Å². The summed E-state index contributed by atoms with van der Waals surface area (Å²) < 4.78 is 0. The number of piperidine rings is 1. The Morgan fingerprint density at radius 2 is 2.00 bits per heavy atom. The van der Waals surface area contributed by atoms with E-state index in [1.807, 2.05) is 0 Å². The van der Waals surface area contributed by atoms with Gasteiger partial charge in [0.2, 0.25) is 0 Å². The van der Waals surface area contributed by atoms with Gasteiger partial charge in [0.25, 0.3) is 0 Å². The minimum absolute atomic E-state index is 0.152. The van der Waals surface area contributed by atoms with Crippen LogP contribution in [0.2, 0.25) is 0 Å². The fourth-order valence-corrected chi connectivity index (χ4v) is 4.61. The first-order valence-electron chi connectivity index (χ1n) is 7.05. The number of aliphatic hydroxyl groups is 1. The molecule has 2 aliphatic rings. The first-order chi connectivity index (χ1) is 9.61. The van der Waals surface area contributed by atoms with E-state index in [9.17, 15) is 5.11 Å². The Morgan fingerprint density at radius 1 is 1.35 bits per heavy atom. The lowest BCUT2D eigenvalue weighted by molar-refractivity contribution is 0.126. The molecular formula is C15H20N2OS2. The molecule has 1 aromatic rings. The largest absolute Gasteiger partial charge is 0.393 e. The van der Waals surface area contributed by atoms with Gasteiger partial charge in [0.05, 0.1) is 6.10 Å². The second-order valence-corrected chi connectivity index (χ2v) is 6.92. The van der Waals surface area contributed by atoms with E-state index >= 15 is 0 Å². The third-order valence-electron chi connectivity index (χ3n) is 4.46. The molecule has 0 saturated carbocycles. The molecule has 0 radical (unpaired) electrons. The molecule has 3 nitrogen and oxygen atoms in total. The SMILES string of the molecule is CSc1cccc(N2C3CCC2CC(O)C3)c1C(N)=S. The van der Waals surface area contributed by atoms with E-state index in [4.69, 9.17) is 18.0 Å². The zero-order chi connectivity index (χ0) is 14.3. The molecule has 2 fully saturated rings. The van der Waals surface area contributed by atoms with Crippen LogP contribution in [0.5, 0.6) is 0 Å². The number of aliphatic hydroxyl groups excluding tert-OH is 1. The van der Waals surface area contributed by atoms with Gasteiger partial charge in [-0.1, -0.05) is 18.3 Å². The number of nitrogens with two attached hydrogens (primary N) is 1. The Kier molecular flexibility index (Phi) is 3.93. The van der Waals surface area contributed by atoms with Crippen molar-refractivity contribution < 1.29 is 5.11 Å². The number of thioether (sulfide) groups is 1. The molecule has 2 aliphatic heterocycles. The van der Waals surface area contributed by atoms with Crippen LogP contribution in [0.15, 0.2) is 23.1 Å². The third-order valence-corrected chi connectivity index (χ3v) is 5.44. The molecule has 20 heavy (non-hydrogen) atoms. The maximum atomic E-state index is 9.95. The van der Waals surface area contributed by atoms with Gasteiger partial charge in [-0.05, 0) is 44.1 Å². The molecular weight excluding hydrogens is 288 g/mol. The Morgan fingerprint density at radius 3 is 2.55 bits per heavy atom. The van der Waals surface area contributed by atoms with Gasteiger partial charge < -0.3 is 15.7 Å². The van der Waals surface area contributed by atoms with Crippen molar-refractivity contribution in [3.8, 4) is 0 Å². The number of hydrogen-bond acceptors (Lipinski definition) is 4. The Hall–Kier alpha value is -0.780. The minimum atomic E-state index is -0.152. The fourth-order valence-electron chi connectivity index (χ4n) is 3.69. The summed E-state index contributed by atoms with van der Waals surface area (Å²) in [5.74, 6) is 0. The molecule has 2 heterocycles. The molecule has 0 spiro atoms. The normalized spacial score (nSPS) is 28.7. The smallest absolute Gasteiger partial charge is 0.107 e. The Balaban J connectivity index is 2.05. The quantitative estimate of drug-likeness (QED) is 0.664. The van der Waals surface area contributed by atoms with Gasteiger partial charge in [0.1, 0.15) is 4.99 Å². The Bertz CT molecular complexity index is 521. The second kappa shape index (κ2) is 5.54. The first-order valence-corrected chi connectivity index (χ1v) is 8.68. The van der Waals surface area contributed by atoms with Crippen LogP contribution in [0.25, 0.3) is 0 Å². The summed E-state index contributed by atoms with van der Waals surface area (Å²) in [4.78, 5) is 4.07. The molecule has 2 unspecified atom stereocenters. The van der Waals surface area contributed by atoms with E-state index in [-0.39, 0.29) is 6.10 Å². The molecule has 5 heteroatoms. The van der Waals surface area contributed by atoms with Crippen molar-refractivity contribution in [1.29, 1.82) is 0 Å². The minimum Gasteiger partial charge on any atom is -0.393 e. The lowest BCUT2D eigenvalue weighted by Crippen LogP contribution is -2.45. The van der Waals surface area contributed by atoms with Crippen molar-refractivity contribution in [3.05, 3.63) is 23.8 Å². The van der Waals surface area contributed by atoms with Gasteiger partial charge in [0, 0.05) is 28.2 Å². The van der Waals surface area contributed by atoms with E-state index in [1.165, 1.54) is 0 Å². The molecule has 2 bridgehead atoms. The number of benzene rings is 1. The van der Waals surface area contributed by atoms with Crippen molar-refractivity contribution in [3.63, 3.8) is 0 Å². The highest BCUT2D eigenvalue weighted by Crippen LogP contribution is 2.42. The topological polar surface area (TPSA) is 49.5 Å². The van der Waals surface area contributed by atoms with Crippen LogP contribution in [-0.4, -0.2) is 34.5 Å². The highest BCUT2D eigenvalue weighted by atomic mass is 32.2. The molecule has 0 aliphatic carbocycles. The molecule has 108 valence electrons. The highest BCUT2D eigenvalue weighted by Gasteiger charge is 2.41. The Labute approximate surface area is 129 Å². The van der Waals surface area contributed by atoms with Crippen LogP contribution >= 0.6 is 24.0 Å². The summed E-state index contributed by atoms with van der Waals surface area (Å²) in [6.07, 6.45) is 5.92. The van der Waals surface area contributed by atoms with Crippen molar-refractivity contribution in [2.24, 2.45) is 5.73 Å². The van der Waals surface area contributed by atoms with Gasteiger partial charge in [-0.2, -0.15) is 0 Å². The van der Waals surface area contributed by atoms with Crippen LogP contribution in [0.4, 0.5) is 5.69 Å². The number of thiocarbonyl (C=S) groups is 1. The standard InChI is InChI=1S/C15H20N2OS2/c1-20-13-4-2-3-12(14(13)15(16)19)17-9-5-6-10(17)8-11(18)7-9/h2-4,9-11,18H,5-8H2,1H3,(H2,16,19). The van der Waals surface area contributed by atoms with Gasteiger partial charge in [-0.15, -0.1) is 11.8 Å². The van der Waals surface area contributed by atoms with E-state index in [0.29, 0.717) is 17.1 Å². The fraction of sp³-hybridized carbons (Fsp3) is 0.533. The monoisotopic (exact) mass is 308 g/mol. The number of fused-ring (bicyclic) bond motifs is 2. The van der Waals surface area contributed by atoms with E-state index in [2.05, 4.69) is 29.4 Å². The van der Waals surface area contributed by atoms with Crippen LogP contribution in [0.3, 0.4) is 0 Å². The van der Waals surface area contributed by atoms with Crippen LogP contribution in [0, 0.1) is 0 Å². The maximum absolute atomic E-state index is 9.95. The summed E-state index contributed by atoms with van der Waals surface area (Å²) in [5, 5.41) is 9.95. The van der Waals surface area contributed by atoms with Crippen molar-refractivity contribution in [1.82, 2.24) is 0 Å². The summed E-state index contributed by atoms with van der Waals surface area (Å²) in [6.45, 7) is 0. The number of anilines is 1. The molecule has 3 N–H and O–H groups in total. The number of rotatable bonds is 3. The van der Waals surface area contributed by atoms with E-state index < -0.39 is 0 Å². The number of nitrogens with zero attached hydrogens (tertiary/aromatic N) is 1. The van der Waals surface area contributed by atoms with E-state index in [0.717, 1.165) is 41.8 Å². The lowest BCUT2D eigenvalue weighted by atomic mass is 9.97.